The topological polar surface area (TPSA) is 63.7 Å². The number of aryl methyl sites for hydroxylation is 1. The second-order valence-electron chi connectivity index (χ2n) is 6.55. The fourth-order valence-corrected chi connectivity index (χ4v) is 4.31. The van der Waals surface area contributed by atoms with Gasteiger partial charge in [0, 0.05) is 6.08 Å². The first-order valence-corrected chi connectivity index (χ1v) is 10.9. The van der Waals surface area contributed by atoms with Crippen molar-refractivity contribution in [2.75, 3.05) is 11.4 Å². The number of amides is 1. The molecule has 0 aliphatic heterocycles. The number of nitrogens with zero attached hydrogens (tertiary/aromatic N) is 1. The third-order valence-corrected chi connectivity index (χ3v) is 6.33. The summed E-state index contributed by atoms with van der Waals surface area (Å²) in [6.07, 6.45) is 3.66. The molecule has 3 aromatic carbocycles. The molecule has 0 spiro atoms. The summed E-state index contributed by atoms with van der Waals surface area (Å²) in [5.74, 6) is 0.0432. The van der Waals surface area contributed by atoms with Crippen LogP contribution in [0, 0.1) is 0 Å². The Morgan fingerprint density at radius 2 is 1.57 bits per heavy atom. The minimum atomic E-state index is -4.08. The summed E-state index contributed by atoms with van der Waals surface area (Å²) < 4.78 is 32.5. The highest BCUT2D eigenvalue weighted by Crippen LogP contribution is 2.25. The number of carbonyl (C=O) groups is 1. The standard InChI is InChI=1S/C24H23NO4S/c1-3-19-9-14-21(15-10-19)25(30(27,28)23-7-5-4-6-8-23)24(26)18-13-20-11-16-22(29-2)17-12-20/h4-18H,3H2,1-2H3/b18-13+. The molecule has 3 rings (SSSR count). The van der Waals surface area contributed by atoms with E-state index in [1.807, 2.05) is 19.1 Å². The number of ether oxygens (including phenoxy) is 1. The highest BCUT2D eigenvalue weighted by atomic mass is 32.2. The zero-order chi connectivity index (χ0) is 21.6. The molecular weight excluding hydrogens is 398 g/mol. The molecule has 0 atom stereocenters. The van der Waals surface area contributed by atoms with Gasteiger partial charge in [-0.05, 0) is 60.0 Å². The van der Waals surface area contributed by atoms with E-state index < -0.39 is 15.9 Å². The lowest BCUT2D eigenvalue weighted by molar-refractivity contribution is -0.113. The first-order valence-electron chi connectivity index (χ1n) is 9.51. The number of benzene rings is 3. The Kier molecular flexibility index (Phi) is 6.69. The number of hydrogen-bond acceptors (Lipinski definition) is 4. The summed E-state index contributed by atoms with van der Waals surface area (Å²) in [4.78, 5) is 13.1. The Morgan fingerprint density at radius 3 is 2.13 bits per heavy atom. The average molecular weight is 422 g/mol. The lowest BCUT2D eigenvalue weighted by Gasteiger charge is -2.21. The fraction of sp³-hybridized carbons (Fsp3) is 0.125. The Bertz CT molecular complexity index is 1120. The second-order valence-corrected chi connectivity index (χ2v) is 8.33. The summed E-state index contributed by atoms with van der Waals surface area (Å²) in [6.45, 7) is 2.01. The van der Waals surface area contributed by atoms with Gasteiger partial charge in [-0.2, -0.15) is 4.31 Å². The molecule has 0 N–H and O–H groups in total. The highest BCUT2D eigenvalue weighted by molar-refractivity contribution is 7.93. The van der Waals surface area contributed by atoms with E-state index in [-0.39, 0.29) is 4.90 Å². The summed E-state index contributed by atoms with van der Waals surface area (Å²) in [5, 5.41) is 0. The predicted molar refractivity (Wildman–Crippen MR) is 119 cm³/mol. The zero-order valence-electron chi connectivity index (χ0n) is 16.9. The molecular formula is C24H23NO4S. The van der Waals surface area contributed by atoms with Gasteiger partial charge < -0.3 is 4.74 Å². The van der Waals surface area contributed by atoms with Gasteiger partial charge in [-0.15, -0.1) is 0 Å². The van der Waals surface area contributed by atoms with Crippen LogP contribution in [0.15, 0.2) is 89.8 Å². The fourth-order valence-electron chi connectivity index (χ4n) is 2.90. The van der Waals surface area contributed by atoms with Crippen molar-refractivity contribution in [2.24, 2.45) is 0 Å². The van der Waals surface area contributed by atoms with Crippen molar-refractivity contribution in [3.63, 3.8) is 0 Å². The molecule has 30 heavy (non-hydrogen) atoms. The minimum Gasteiger partial charge on any atom is -0.497 e. The van der Waals surface area contributed by atoms with Crippen molar-refractivity contribution >= 4 is 27.7 Å². The smallest absolute Gasteiger partial charge is 0.271 e. The lowest BCUT2D eigenvalue weighted by Crippen LogP contribution is -2.35. The molecule has 0 fully saturated rings. The van der Waals surface area contributed by atoms with Crippen LogP contribution in [-0.2, 0) is 21.2 Å². The van der Waals surface area contributed by atoms with Gasteiger partial charge in [-0.1, -0.05) is 49.4 Å². The minimum absolute atomic E-state index is 0.0516. The van der Waals surface area contributed by atoms with Crippen LogP contribution in [-0.4, -0.2) is 21.4 Å². The van der Waals surface area contributed by atoms with Crippen LogP contribution in [0.2, 0.25) is 0 Å². The normalized spacial score (nSPS) is 11.4. The van der Waals surface area contributed by atoms with Crippen LogP contribution in [0.1, 0.15) is 18.1 Å². The molecule has 0 aromatic heterocycles. The maximum atomic E-state index is 13.3. The Labute approximate surface area is 177 Å². The number of rotatable bonds is 7. The quantitative estimate of drug-likeness (QED) is 0.519. The Morgan fingerprint density at radius 1 is 0.933 bits per heavy atom. The summed E-state index contributed by atoms with van der Waals surface area (Å²) in [5.41, 5.74) is 2.10. The van der Waals surface area contributed by atoms with E-state index in [9.17, 15) is 13.2 Å². The van der Waals surface area contributed by atoms with Crippen molar-refractivity contribution in [3.8, 4) is 5.75 Å². The van der Waals surface area contributed by atoms with Crippen LogP contribution < -0.4 is 9.04 Å². The van der Waals surface area contributed by atoms with E-state index in [0.717, 1.165) is 21.9 Å². The van der Waals surface area contributed by atoms with E-state index in [4.69, 9.17) is 4.74 Å². The van der Waals surface area contributed by atoms with Crippen LogP contribution in [0.3, 0.4) is 0 Å². The third-order valence-electron chi connectivity index (χ3n) is 4.59. The van der Waals surface area contributed by atoms with E-state index >= 15 is 0 Å². The molecule has 5 nitrogen and oxygen atoms in total. The number of carbonyl (C=O) groups excluding carboxylic acids is 1. The molecule has 154 valence electrons. The van der Waals surface area contributed by atoms with E-state index in [1.54, 1.807) is 67.8 Å². The summed E-state index contributed by atoms with van der Waals surface area (Å²) in [7, 11) is -2.50. The molecule has 0 aliphatic carbocycles. The van der Waals surface area contributed by atoms with Crippen LogP contribution >= 0.6 is 0 Å². The molecule has 0 unspecified atom stereocenters. The van der Waals surface area contributed by atoms with Gasteiger partial charge in [-0.25, -0.2) is 8.42 Å². The van der Waals surface area contributed by atoms with Gasteiger partial charge in [0.2, 0.25) is 0 Å². The Balaban J connectivity index is 1.99. The number of methoxy groups -OCH3 is 1. The molecule has 0 radical (unpaired) electrons. The van der Waals surface area contributed by atoms with Crippen molar-refractivity contribution in [3.05, 3.63) is 96.1 Å². The highest BCUT2D eigenvalue weighted by Gasteiger charge is 2.29. The van der Waals surface area contributed by atoms with Gasteiger partial charge >= 0.3 is 0 Å². The van der Waals surface area contributed by atoms with E-state index in [0.29, 0.717) is 11.4 Å². The molecule has 0 aliphatic rings. The van der Waals surface area contributed by atoms with Crippen molar-refractivity contribution < 1.29 is 17.9 Å². The predicted octanol–water partition coefficient (Wildman–Crippen LogP) is 4.69. The lowest BCUT2D eigenvalue weighted by atomic mass is 10.1. The molecule has 0 heterocycles. The Hall–Kier alpha value is -3.38. The molecule has 3 aromatic rings. The van der Waals surface area contributed by atoms with Gasteiger partial charge in [0.25, 0.3) is 15.9 Å². The zero-order valence-corrected chi connectivity index (χ0v) is 17.7. The van der Waals surface area contributed by atoms with Gasteiger partial charge in [-0.3, -0.25) is 4.79 Å². The van der Waals surface area contributed by atoms with Gasteiger partial charge in [0.15, 0.2) is 0 Å². The number of anilines is 1. The van der Waals surface area contributed by atoms with Gasteiger partial charge in [0.05, 0.1) is 17.7 Å². The van der Waals surface area contributed by atoms with E-state index in [2.05, 4.69) is 0 Å². The molecule has 6 heteroatoms. The van der Waals surface area contributed by atoms with Gasteiger partial charge in [0.1, 0.15) is 5.75 Å². The van der Waals surface area contributed by atoms with Crippen LogP contribution in [0.4, 0.5) is 5.69 Å². The average Bonchev–Trinajstić information content (AvgIpc) is 2.79. The summed E-state index contributed by atoms with van der Waals surface area (Å²) in [6, 6.07) is 22.0. The van der Waals surface area contributed by atoms with Crippen molar-refractivity contribution in [1.82, 2.24) is 0 Å². The molecule has 0 saturated carbocycles. The molecule has 0 saturated heterocycles. The first kappa shape index (κ1) is 21.3. The summed E-state index contributed by atoms with van der Waals surface area (Å²) >= 11 is 0. The van der Waals surface area contributed by atoms with Crippen molar-refractivity contribution in [1.29, 1.82) is 0 Å². The maximum absolute atomic E-state index is 13.3. The maximum Gasteiger partial charge on any atom is 0.271 e. The first-order chi connectivity index (χ1) is 14.5. The van der Waals surface area contributed by atoms with Crippen molar-refractivity contribution in [2.45, 2.75) is 18.2 Å². The largest absolute Gasteiger partial charge is 0.497 e. The van der Waals surface area contributed by atoms with E-state index in [1.165, 1.54) is 18.2 Å². The monoisotopic (exact) mass is 421 g/mol. The number of hydrogen-bond donors (Lipinski definition) is 0. The molecule has 0 bridgehead atoms. The number of sulfonamides is 1. The molecule has 1 amide bonds. The third kappa shape index (κ3) is 4.78. The van der Waals surface area contributed by atoms with Crippen LogP contribution in [0.25, 0.3) is 6.08 Å². The SMILES string of the molecule is CCc1ccc(N(C(=O)/C=C/c2ccc(OC)cc2)S(=O)(=O)c2ccccc2)cc1. The van der Waals surface area contributed by atoms with Crippen LogP contribution in [0.5, 0.6) is 5.75 Å². The second kappa shape index (κ2) is 9.41.